The molecule has 2 rings (SSSR count). The summed E-state index contributed by atoms with van der Waals surface area (Å²) in [6.07, 6.45) is 3.27. The number of benzene rings is 2. The van der Waals surface area contributed by atoms with E-state index in [1.165, 1.54) is 6.08 Å². The van der Waals surface area contributed by atoms with E-state index in [2.05, 4.69) is 21.2 Å². The number of rotatable bonds is 9. The molecule has 2 aromatic carbocycles. The quantitative estimate of drug-likeness (QED) is 0.384. The van der Waals surface area contributed by atoms with Crippen molar-refractivity contribution < 1.29 is 19.1 Å². The highest BCUT2D eigenvalue weighted by Gasteiger charge is 2.04. The minimum absolute atomic E-state index is 0.114. The number of halogens is 1. The van der Waals surface area contributed by atoms with Crippen molar-refractivity contribution in [1.29, 1.82) is 0 Å². The maximum atomic E-state index is 11.7. The minimum Gasteiger partial charge on any atom is -0.490 e. The van der Waals surface area contributed by atoms with Gasteiger partial charge in [0.25, 0.3) is 0 Å². The van der Waals surface area contributed by atoms with Crippen molar-refractivity contribution in [1.82, 2.24) is 5.32 Å². The molecule has 0 unspecified atom stereocenters. The van der Waals surface area contributed by atoms with Gasteiger partial charge in [0.1, 0.15) is 19.0 Å². The van der Waals surface area contributed by atoms with Gasteiger partial charge in [-0.05, 0) is 35.9 Å². The lowest BCUT2D eigenvalue weighted by Crippen LogP contribution is -2.25. The largest absolute Gasteiger partial charge is 0.490 e. The van der Waals surface area contributed by atoms with Gasteiger partial charge in [0.15, 0.2) is 0 Å². The molecule has 0 atom stereocenters. The van der Waals surface area contributed by atoms with Crippen LogP contribution >= 0.6 is 15.9 Å². The van der Waals surface area contributed by atoms with Crippen LogP contribution in [-0.2, 0) is 14.3 Å². The SMILES string of the molecule is O=C(/C=C/c1ccccc1)NCCC(=O)OCCOc1ccc(Br)cc1. The van der Waals surface area contributed by atoms with E-state index in [1.54, 1.807) is 6.08 Å². The Bertz CT molecular complexity index is 729. The molecular weight excluding hydrogens is 398 g/mol. The van der Waals surface area contributed by atoms with Gasteiger partial charge in [0, 0.05) is 17.1 Å². The summed E-state index contributed by atoms with van der Waals surface area (Å²) in [7, 11) is 0. The zero-order valence-corrected chi connectivity index (χ0v) is 15.8. The normalized spacial score (nSPS) is 10.5. The maximum Gasteiger partial charge on any atom is 0.307 e. The van der Waals surface area contributed by atoms with Crippen LogP contribution in [0.2, 0.25) is 0 Å². The van der Waals surface area contributed by atoms with Crippen LogP contribution in [0.5, 0.6) is 5.75 Å². The molecule has 0 bridgehead atoms. The number of carbonyl (C=O) groups excluding carboxylic acids is 2. The topological polar surface area (TPSA) is 64.6 Å². The summed E-state index contributed by atoms with van der Waals surface area (Å²) >= 11 is 3.34. The number of nitrogens with one attached hydrogen (secondary N) is 1. The zero-order valence-electron chi connectivity index (χ0n) is 14.2. The molecule has 6 heteroatoms. The van der Waals surface area contributed by atoms with Crippen molar-refractivity contribution in [2.45, 2.75) is 6.42 Å². The van der Waals surface area contributed by atoms with Crippen LogP contribution in [0.15, 0.2) is 65.1 Å². The summed E-state index contributed by atoms with van der Waals surface area (Å²) in [5, 5.41) is 2.64. The second-order valence-corrected chi connectivity index (χ2v) is 6.22. The number of hydrogen-bond acceptors (Lipinski definition) is 4. The first kappa shape index (κ1) is 19.7. The number of ether oxygens (including phenoxy) is 2. The van der Waals surface area contributed by atoms with Crippen molar-refractivity contribution in [3.8, 4) is 5.75 Å². The van der Waals surface area contributed by atoms with Gasteiger partial charge in [0.2, 0.25) is 5.91 Å². The van der Waals surface area contributed by atoms with Crippen LogP contribution in [0.1, 0.15) is 12.0 Å². The second-order valence-electron chi connectivity index (χ2n) is 5.31. The number of carbonyl (C=O) groups is 2. The van der Waals surface area contributed by atoms with E-state index in [9.17, 15) is 9.59 Å². The Balaban J connectivity index is 1.55. The Labute approximate surface area is 161 Å². The van der Waals surface area contributed by atoms with E-state index in [0.29, 0.717) is 5.75 Å². The Kier molecular flexibility index (Phi) is 8.42. The molecular formula is C20H20BrNO4. The van der Waals surface area contributed by atoms with Crippen molar-refractivity contribution in [2.24, 2.45) is 0 Å². The fourth-order valence-corrected chi connectivity index (χ4v) is 2.27. The predicted molar refractivity (Wildman–Crippen MR) is 104 cm³/mol. The van der Waals surface area contributed by atoms with Crippen LogP contribution in [0, 0.1) is 0 Å². The summed E-state index contributed by atoms with van der Waals surface area (Å²) in [5.41, 5.74) is 0.938. The monoisotopic (exact) mass is 417 g/mol. The summed E-state index contributed by atoms with van der Waals surface area (Å²) in [4.78, 5) is 23.3. The van der Waals surface area contributed by atoms with Crippen LogP contribution in [0.3, 0.4) is 0 Å². The number of esters is 1. The van der Waals surface area contributed by atoms with Gasteiger partial charge >= 0.3 is 5.97 Å². The van der Waals surface area contributed by atoms with E-state index >= 15 is 0 Å². The first-order valence-corrected chi connectivity index (χ1v) is 8.98. The maximum absolute atomic E-state index is 11.7. The van der Waals surface area contributed by atoms with Gasteiger partial charge in [-0.3, -0.25) is 9.59 Å². The lowest BCUT2D eigenvalue weighted by molar-refractivity contribution is -0.144. The van der Waals surface area contributed by atoms with Gasteiger partial charge in [-0.2, -0.15) is 0 Å². The molecule has 2 aromatic rings. The van der Waals surface area contributed by atoms with E-state index in [4.69, 9.17) is 9.47 Å². The Morgan fingerprint density at radius 1 is 1.00 bits per heavy atom. The van der Waals surface area contributed by atoms with Gasteiger partial charge in [-0.25, -0.2) is 0 Å². The molecule has 26 heavy (non-hydrogen) atoms. The molecule has 0 aromatic heterocycles. The summed E-state index contributed by atoms with van der Waals surface area (Å²) < 4.78 is 11.5. The highest BCUT2D eigenvalue weighted by atomic mass is 79.9. The highest BCUT2D eigenvalue weighted by Crippen LogP contribution is 2.15. The van der Waals surface area contributed by atoms with E-state index in [1.807, 2.05) is 54.6 Å². The molecule has 0 heterocycles. The Morgan fingerprint density at radius 2 is 1.73 bits per heavy atom. The van der Waals surface area contributed by atoms with Crippen molar-refractivity contribution >= 4 is 33.9 Å². The van der Waals surface area contributed by atoms with Crippen LogP contribution in [0.4, 0.5) is 0 Å². The molecule has 0 saturated carbocycles. The molecule has 0 radical (unpaired) electrons. The third-order valence-corrected chi connectivity index (χ3v) is 3.81. The van der Waals surface area contributed by atoms with Gasteiger partial charge in [-0.15, -0.1) is 0 Å². The molecule has 0 aliphatic carbocycles. The van der Waals surface area contributed by atoms with E-state index in [-0.39, 0.29) is 38.1 Å². The molecule has 1 N–H and O–H groups in total. The first-order valence-electron chi connectivity index (χ1n) is 8.18. The molecule has 0 fully saturated rings. The number of hydrogen-bond donors (Lipinski definition) is 1. The van der Waals surface area contributed by atoms with Crippen molar-refractivity contribution in [3.05, 3.63) is 70.7 Å². The Morgan fingerprint density at radius 3 is 2.46 bits per heavy atom. The van der Waals surface area contributed by atoms with Gasteiger partial charge in [-0.1, -0.05) is 46.3 Å². The van der Waals surface area contributed by atoms with Gasteiger partial charge in [0.05, 0.1) is 6.42 Å². The van der Waals surface area contributed by atoms with Gasteiger partial charge < -0.3 is 14.8 Å². The minimum atomic E-state index is -0.378. The molecule has 5 nitrogen and oxygen atoms in total. The third kappa shape index (κ3) is 7.98. The summed E-state index contributed by atoms with van der Waals surface area (Å²) in [6.45, 7) is 0.667. The van der Waals surface area contributed by atoms with Crippen LogP contribution in [0.25, 0.3) is 6.08 Å². The second kappa shape index (κ2) is 11.1. The molecule has 0 spiro atoms. The molecule has 0 aliphatic rings. The standard InChI is InChI=1S/C20H20BrNO4/c21-17-7-9-18(10-8-17)25-14-15-26-20(24)12-13-22-19(23)11-6-16-4-2-1-3-5-16/h1-11H,12-15H2,(H,22,23)/b11-6+. The van der Waals surface area contributed by atoms with Crippen LogP contribution < -0.4 is 10.1 Å². The predicted octanol–water partition coefficient (Wildman–Crippen LogP) is 3.59. The summed E-state index contributed by atoms with van der Waals surface area (Å²) in [6, 6.07) is 16.9. The average Bonchev–Trinajstić information content (AvgIpc) is 2.66. The van der Waals surface area contributed by atoms with E-state index in [0.717, 1.165) is 10.0 Å². The fourth-order valence-electron chi connectivity index (χ4n) is 2.00. The zero-order chi connectivity index (χ0) is 18.6. The van der Waals surface area contributed by atoms with Crippen molar-refractivity contribution in [3.63, 3.8) is 0 Å². The summed E-state index contributed by atoms with van der Waals surface area (Å²) in [5.74, 6) is 0.0821. The average molecular weight is 418 g/mol. The first-order chi connectivity index (χ1) is 12.6. The molecule has 0 aliphatic heterocycles. The van der Waals surface area contributed by atoms with E-state index < -0.39 is 0 Å². The highest BCUT2D eigenvalue weighted by molar-refractivity contribution is 9.10. The molecule has 136 valence electrons. The Hall–Kier alpha value is -2.60. The van der Waals surface area contributed by atoms with Crippen LogP contribution in [-0.4, -0.2) is 31.6 Å². The smallest absolute Gasteiger partial charge is 0.307 e. The van der Waals surface area contributed by atoms with Crippen molar-refractivity contribution in [2.75, 3.05) is 19.8 Å². The third-order valence-electron chi connectivity index (χ3n) is 3.28. The molecule has 0 saturated heterocycles. The lowest BCUT2D eigenvalue weighted by Gasteiger charge is -2.07. The fraction of sp³-hybridized carbons (Fsp3) is 0.200. The molecule has 1 amide bonds. The number of amides is 1. The lowest BCUT2D eigenvalue weighted by atomic mass is 10.2.